The van der Waals surface area contributed by atoms with Gasteiger partial charge in [0, 0.05) is 11.8 Å². The van der Waals surface area contributed by atoms with Gasteiger partial charge in [-0.3, -0.25) is 4.79 Å². The van der Waals surface area contributed by atoms with Crippen molar-refractivity contribution < 1.29 is 4.79 Å². The Kier molecular flexibility index (Phi) is 3.97. The minimum atomic E-state index is -0.206. The van der Waals surface area contributed by atoms with E-state index in [4.69, 9.17) is 0 Å². The van der Waals surface area contributed by atoms with E-state index in [2.05, 4.69) is 38.0 Å². The third-order valence-electron chi connectivity index (χ3n) is 2.72. The van der Waals surface area contributed by atoms with Crippen LogP contribution in [0.15, 0.2) is 42.0 Å². The fraction of sp³-hybridized carbons (Fsp3) is 0.154. The number of carbonyl (C=O) groups is 1. The normalized spacial score (nSPS) is 10.5. The molecule has 106 valence electrons. The third-order valence-corrected chi connectivity index (χ3v) is 3.53. The average Bonchev–Trinajstić information content (AvgIpc) is 3.12. The number of aromatic nitrogens is 5. The number of nitrogens with one attached hydrogen (secondary N) is 1. The van der Waals surface area contributed by atoms with Crippen molar-refractivity contribution in [3.05, 3.63) is 53.3 Å². The summed E-state index contributed by atoms with van der Waals surface area (Å²) in [4.78, 5) is 16.2. The summed E-state index contributed by atoms with van der Waals surface area (Å²) in [5.41, 5.74) is 2.12. The molecule has 0 aliphatic heterocycles. The Morgan fingerprint density at radius 3 is 2.90 bits per heavy atom. The van der Waals surface area contributed by atoms with Gasteiger partial charge in [0.1, 0.15) is 12.9 Å². The Morgan fingerprint density at radius 2 is 2.14 bits per heavy atom. The van der Waals surface area contributed by atoms with E-state index >= 15 is 0 Å². The summed E-state index contributed by atoms with van der Waals surface area (Å²) in [6.45, 7) is 0.0700. The molecule has 7 nitrogen and oxygen atoms in total. The molecule has 1 aromatic carbocycles. The van der Waals surface area contributed by atoms with E-state index in [0.717, 1.165) is 12.1 Å². The molecular weight excluding hydrogens is 288 g/mol. The van der Waals surface area contributed by atoms with Crippen LogP contribution >= 0.6 is 11.3 Å². The number of hydrogen-bond donors (Lipinski definition) is 1. The number of tetrazole rings is 1. The van der Waals surface area contributed by atoms with Crippen LogP contribution in [0.3, 0.4) is 0 Å². The van der Waals surface area contributed by atoms with Crippen molar-refractivity contribution in [2.45, 2.75) is 13.0 Å². The monoisotopic (exact) mass is 300 g/mol. The largest absolute Gasteiger partial charge is 0.300 e. The molecule has 0 fully saturated rings. The van der Waals surface area contributed by atoms with Crippen molar-refractivity contribution in [1.82, 2.24) is 25.2 Å². The number of hydrogen-bond acceptors (Lipinski definition) is 6. The molecule has 3 aromatic rings. The van der Waals surface area contributed by atoms with Crippen molar-refractivity contribution in [3.8, 4) is 0 Å². The second-order valence-corrected chi connectivity index (χ2v) is 5.22. The smallest absolute Gasteiger partial charge is 0.248 e. The van der Waals surface area contributed by atoms with E-state index in [0.29, 0.717) is 5.13 Å². The summed E-state index contributed by atoms with van der Waals surface area (Å²) in [6.07, 6.45) is 2.14. The number of thiazole rings is 1. The molecule has 0 saturated carbocycles. The molecule has 0 bridgehead atoms. The molecule has 1 N–H and O–H groups in total. The molecule has 21 heavy (non-hydrogen) atoms. The molecule has 0 radical (unpaired) electrons. The van der Waals surface area contributed by atoms with Crippen molar-refractivity contribution in [1.29, 1.82) is 0 Å². The van der Waals surface area contributed by atoms with Crippen LogP contribution in [0.4, 0.5) is 5.13 Å². The zero-order valence-corrected chi connectivity index (χ0v) is 11.8. The lowest BCUT2D eigenvalue weighted by Crippen LogP contribution is -2.19. The van der Waals surface area contributed by atoms with Crippen molar-refractivity contribution in [2.75, 3.05) is 5.32 Å². The second-order valence-electron chi connectivity index (χ2n) is 4.36. The third kappa shape index (κ3) is 3.69. The first-order valence-electron chi connectivity index (χ1n) is 6.28. The van der Waals surface area contributed by atoms with E-state index < -0.39 is 0 Å². The molecule has 3 rings (SSSR count). The Labute approximate surface area is 124 Å². The van der Waals surface area contributed by atoms with Gasteiger partial charge in [0.25, 0.3) is 0 Å². The highest BCUT2D eigenvalue weighted by atomic mass is 32.1. The molecule has 0 unspecified atom stereocenters. The molecule has 0 saturated heterocycles. The topological polar surface area (TPSA) is 85.6 Å². The summed E-state index contributed by atoms with van der Waals surface area (Å²) < 4.78 is 1.35. The van der Waals surface area contributed by atoms with Gasteiger partial charge in [-0.1, -0.05) is 30.3 Å². The molecule has 1 amide bonds. The lowest BCUT2D eigenvalue weighted by atomic mass is 10.1. The lowest BCUT2D eigenvalue weighted by Gasteiger charge is -2.00. The maximum Gasteiger partial charge on any atom is 0.248 e. The number of benzene rings is 1. The van der Waals surface area contributed by atoms with Gasteiger partial charge in [-0.25, -0.2) is 9.67 Å². The van der Waals surface area contributed by atoms with E-state index in [-0.39, 0.29) is 12.5 Å². The first-order valence-corrected chi connectivity index (χ1v) is 7.16. The molecule has 0 aliphatic carbocycles. The Morgan fingerprint density at radius 1 is 1.29 bits per heavy atom. The Balaban J connectivity index is 1.59. The highest BCUT2D eigenvalue weighted by Gasteiger charge is 2.08. The van der Waals surface area contributed by atoms with Gasteiger partial charge < -0.3 is 5.32 Å². The molecule has 0 spiro atoms. The van der Waals surface area contributed by atoms with Crippen LogP contribution in [-0.2, 0) is 17.8 Å². The fourth-order valence-corrected chi connectivity index (χ4v) is 2.54. The Hall–Kier alpha value is -2.61. The van der Waals surface area contributed by atoms with Crippen molar-refractivity contribution in [2.24, 2.45) is 0 Å². The number of carbonyl (C=O) groups excluding carboxylic acids is 1. The van der Waals surface area contributed by atoms with E-state index in [1.807, 2.05) is 23.6 Å². The standard InChI is InChI=1S/C13H12N6OS/c20-12(7-19-9-14-17-18-19)16-13-15-11(8-21-13)6-10-4-2-1-3-5-10/h1-5,8-9H,6-7H2,(H,15,16,20). The highest BCUT2D eigenvalue weighted by molar-refractivity contribution is 7.13. The van der Waals surface area contributed by atoms with Gasteiger partial charge in [-0.15, -0.1) is 16.4 Å². The van der Waals surface area contributed by atoms with Crippen LogP contribution in [0.2, 0.25) is 0 Å². The van der Waals surface area contributed by atoms with Crippen LogP contribution in [0.1, 0.15) is 11.3 Å². The first-order chi connectivity index (χ1) is 10.3. The predicted molar refractivity (Wildman–Crippen MR) is 77.8 cm³/mol. The summed E-state index contributed by atoms with van der Waals surface area (Å²) in [7, 11) is 0. The summed E-state index contributed by atoms with van der Waals surface area (Å²) in [5, 5.41) is 15.8. The maximum atomic E-state index is 11.8. The van der Waals surface area contributed by atoms with Gasteiger partial charge in [0.2, 0.25) is 5.91 Å². The Bertz CT molecular complexity index is 709. The van der Waals surface area contributed by atoms with E-state index in [9.17, 15) is 4.79 Å². The first kappa shape index (κ1) is 13.4. The molecular formula is C13H12N6OS. The van der Waals surface area contributed by atoms with Gasteiger partial charge in [-0.2, -0.15) is 0 Å². The molecule has 8 heteroatoms. The van der Waals surface area contributed by atoms with E-state index in [1.165, 1.54) is 27.9 Å². The number of nitrogens with zero attached hydrogens (tertiary/aromatic N) is 5. The van der Waals surface area contributed by atoms with Crippen LogP contribution in [0, 0.1) is 0 Å². The summed E-state index contributed by atoms with van der Waals surface area (Å²) in [5.74, 6) is -0.206. The van der Waals surface area contributed by atoms with Gasteiger partial charge >= 0.3 is 0 Å². The second kappa shape index (κ2) is 6.23. The molecule has 0 aliphatic rings. The molecule has 2 aromatic heterocycles. The van der Waals surface area contributed by atoms with Crippen LogP contribution in [0.5, 0.6) is 0 Å². The summed E-state index contributed by atoms with van der Waals surface area (Å²) in [6, 6.07) is 10.1. The van der Waals surface area contributed by atoms with Crippen LogP contribution in [0.25, 0.3) is 0 Å². The minimum absolute atomic E-state index is 0.0700. The number of rotatable bonds is 5. The van der Waals surface area contributed by atoms with Crippen LogP contribution < -0.4 is 5.32 Å². The number of anilines is 1. The van der Waals surface area contributed by atoms with Crippen molar-refractivity contribution in [3.63, 3.8) is 0 Å². The quantitative estimate of drug-likeness (QED) is 0.769. The average molecular weight is 300 g/mol. The SMILES string of the molecule is O=C(Cn1cnnn1)Nc1nc(Cc2ccccc2)cs1. The summed E-state index contributed by atoms with van der Waals surface area (Å²) >= 11 is 1.41. The molecule has 2 heterocycles. The fourth-order valence-electron chi connectivity index (χ4n) is 1.81. The zero-order chi connectivity index (χ0) is 14.5. The van der Waals surface area contributed by atoms with Crippen LogP contribution in [-0.4, -0.2) is 31.1 Å². The van der Waals surface area contributed by atoms with Gasteiger partial charge in [-0.05, 0) is 16.0 Å². The predicted octanol–water partition coefficient (Wildman–Crippen LogP) is 1.36. The van der Waals surface area contributed by atoms with Crippen molar-refractivity contribution >= 4 is 22.4 Å². The lowest BCUT2D eigenvalue weighted by molar-refractivity contribution is -0.116. The zero-order valence-electron chi connectivity index (χ0n) is 11.0. The van der Waals surface area contributed by atoms with Gasteiger partial charge in [0.15, 0.2) is 5.13 Å². The molecule has 0 atom stereocenters. The highest BCUT2D eigenvalue weighted by Crippen LogP contribution is 2.18. The van der Waals surface area contributed by atoms with E-state index in [1.54, 1.807) is 0 Å². The maximum absolute atomic E-state index is 11.8. The van der Waals surface area contributed by atoms with Gasteiger partial charge in [0.05, 0.1) is 5.69 Å². The number of amides is 1. The minimum Gasteiger partial charge on any atom is -0.300 e.